The van der Waals surface area contributed by atoms with E-state index in [-0.39, 0.29) is 0 Å². The lowest BCUT2D eigenvalue weighted by molar-refractivity contribution is 0.175. The number of benzene rings is 1. The first kappa shape index (κ1) is 16.7. The molecule has 126 valence electrons. The van der Waals surface area contributed by atoms with Crippen LogP contribution in [0.5, 0.6) is 5.75 Å². The average Bonchev–Trinajstić information content (AvgIpc) is 2.63. The molecule has 1 N–H and O–H groups in total. The molecule has 3 rings (SSSR count). The van der Waals surface area contributed by atoms with Gasteiger partial charge in [-0.05, 0) is 36.5 Å². The summed E-state index contributed by atoms with van der Waals surface area (Å²) in [7, 11) is 1.67. The zero-order valence-electron chi connectivity index (χ0n) is 13.8. The Labute approximate surface area is 148 Å². The van der Waals surface area contributed by atoms with E-state index in [1.807, 2.05) is 42.6 Å². The molecule has 0 saturated carbocycles. The maximum absolute atomic E-state index is 5.56. The van der Waals surface area contributed by atoms with Crippen LogP contribution < -0.4 is 10.1 Å². The monoisotopic (exact) mass is 342 g/mol. The summed E-state index contributed by atoms with van der Waals surface area (Å²) in [5.74, 6) is 0.800. The molecular weight excluding hydrogens is 320 g/mol. The Kier molecular flexibility index (Phi) is 5.61. The van der Waals surface area contributed by atoms with Crippen molar-refractivity contribution < 1.29 is 4.74 Å². The number of pyridine rings is 1. The molecule has 0 bridgehead atoms. The summed E-state index contributed by atoms with van der Waals surface area (Å²) in [6, 6.07) is 13.9. The third-order valence-corrected chi connectivity index (χ3v) is 4.48. The number of ether oxygens (including phenoxy) is 1. The molecular formula is C18H22N4OS. The predicted molar refractivity (Wildman–Crippen MR) is 100 cm³/mol. The molecule has 1 aliphatic rings. The number of methoxy groups -OCH3 is 1. The lowest BCUT2D eigenvalue weighted by atomic mass is 10.2. The quantitative estimate of drug-likeness (QED) is 0.862. The Hall–Kier alpha value is -2.18. The van der Waals surface area contributed by atoms with Gasteiger partial charge in [0, 0.05) is 38.9 Å². The van der Waals surface area contributed by atoms with Crippen molar-refractivity contribution in [3.8, 4) is 5.75 Å². The van der Waals surface area contributed by atoms with Gasteiger partial charge in [-0.25, -0.2) is 0 Å². The highest BCUT2D eigenvalue weighted by atomic mass is 32.1. The lowest BCUT2D eigenvalue weighted by Gasteiger charge is -2.36. The fraction of sp³-hybridized carbons (Fsp3) is 0.333. The Bertz CT molecular complexity index is 672. The number of hydrogen-bond acceptors (Lipinski definition) is 4. The van der Waals surface area contributed by atoms with Gasteiger partial charge in [0.1, 0.15) is 5.75 Å². The molecule has 24 heavy (non-hydrogen) atoms. The van der Waals surface area contributed by atoms with Crippen molar-refractivity contribution in [2.75, 3.05) is 38.6 Å². The van der Waals surface area contributed by atoms with Gasteiger partial charge in [-0.15, -0.1) is 0 Å². The van der Waals surface area contributed by atoms with Crippen LogP contribution in [0.15, 0.2) is 48.7 Å². The summed E-state index contributed by atoms with van der Waals surface area (Å²) in [5.41, 5.74) is 2.02. The Morgan fingerprint density at radius 2 is 1.88 bits per heavy atom. The summed E-state index contributed by atoms with van der Waals surface area (Å²) in [4.78, 5) is 9.01. The van der Waals surface area contributed by atoms with Crippen LogP contribution in [0, 0.1) is 0 Å². The Morgan fingerprint density at radius 3 is 2.58 bits per heavy atom. The fourth-order valence-electron chi connectivity index (χ4n) is 2.77. The van der Waals surface area contributed by atoms with E-state index in [0.29, 0.717) is 0 Å². The number of thiocarbonyl (C=S) groups is 1. The summed E-state index contributed by atoms with van der Waals surface area (Å²) >= 11 is 5.56. The van der Waals surface area contributed by atoms with Crippen LogP contribution in [0.2, 0.25) is 0 Å². The van der Waals surface area contributed by atoms with Gasteiger partial charge in [0.05, 0.1) is 18.5 Å². The molecule has 2 aromatic rings. The van der Waals surface area contributed by atoms with Crippen molar-refractivity contribution in [3.63, 3.8) is 0 Å². The van der Waals surface area contributed by atoms with Gasteiger partial charge in [0.2, 0.25) is 0 Å². The number of rotatable bonds is 4. The van der Waals surface area contributed by atoms with Gasteiger partial charge >= 0.3 is 0 Å². The van der Waals surface area contributed by atoms with Gasteiger partial charge in [0.25, 0.3) is 0 Å². The molecule has 0 unspecified atom stereocenters. The molecule has 1 aromatic carbocycles. The first-order chi connectivity index (χ1) is 11.8. The number of anilines is 1. The van der Waals surface area contributed by atoms with Crippen LogP contribution in [0.4, 0.5) is 5.69 Å². The van der Waals surface area contributed by atoms with Crippen LogP contribution >= 0.6 is 12.2 Å². The second kappa shape index (κ2) is 8.08. The van der Waals surface area contributed by atoms with Gasteiger partial charge in [-0.2, -0.15) is 0 Å². The van der Waals surface area contributed by atoms with Gasteiger partial charge in [-0.1, -0.05) is 18.2 Å². The molecule has 0 radical (unpaired) electrons. The van der Waals surface area contributed by atoms with Crippen LogP contribution in [0.25, 0.3) is 0 Å². The van der Waals surface area contributed by atoms with E-state index in [2.05, 4.69) is 26.2 Å². The van der Waals surface area contributed by atoms with Crippen LogP contribution in [-0.2, 0) is 6.54 Å². The minimum Gasteiger partial charge on any atom is -0.495 e. The van der Waals surface area contributed by atoms with Gasteiger partial charge in [0.15, 0.2) is 5.11 Å². The minimum atomic E-state index is 0.747. The standard InChI is InChI=1S/C18H22N4OS/c1-23-17-8-3-2-7-16(17)20-18(24)22-12-10-21(11-13-22)14-15-6-4-5-9-19-15/h2-9H,10-14H2,1H3,(H,20,24). The highest BCUT2D eigenvalue weighted by molar-refractivity contribution is 7.80. The zero-order chi connectivity index (χ0) is 16.8. The zero-order valence-corrected chi connectivity index (χ0v) is 14.6. The topological polar surface area (TPSA) is 40.6 Å². The lowest BCUT2D eigenvalue weighted by Crippen LogP contribution is -2.49. The van der Waals surface area contributed by atoms with E-state index in [1.165, 1.54) is 0 Å². The van der Waals surface area contributed by atoms with Crippen molar-refractivity contribution in [1.29, 1.82) is 0 Å². The SMILES string of the molecule is COc1ccccc1NC(=S)N1CCN(Cc2ccccn2)CC1. The second-order valence-electron chi connectivity index (χ2n) is 5.71. The smallest absolute Gasteiger partial charge is 0.173 e. The summed E-state index contributed by atoms with van der Waals surface area (Å²) in [6.07, 6.45) is 1.85. The normalized spacial score (nSPS) is 15.1. The van der Waals surface area contributed by atoms with E-state index in [4.69, 9.17) is 17.0 Å². The van der Waals surface area contributed by atoms with Crippen molar-refractivity contribution >= 4 is 23.0 Å². The molecule has 2 heterocycles. The molecule has 1 aliphatic heterocycles. The predicted octanol–water partition coefficient (Wildman–Crippen LogP) is 2.60. The van der Waals surface area contributed by atoms with Crippen LogP contribution in [-0.4, -0.2) is 53.2 Å². The highest BCUT2D eigenvalue weighted by Gasteiger charge is 2.19. The van der Waals surface area contributed by atoms with Crippen molar-refractivity contribution in [3.05, 3.63) is 54.4 Å². The Morgan fingerprint density at radius 1 is 1.12 bits per heavy atom. The van der Waals surface area contributed by atoms with Crippen LogP contribution in [0.3, 0.4) is 0 Å². The molecule has 0 amide bonds. The maximum Gasteiger partial charge on any atom is 0.173 e. The van der Waals surface area contributed by atoms with E-state index in [1.54, 1.807) is 7.11 Å². The summed E-state index contributed by atoms with van der Waals surface area (Å²) in [6.45, 7) is 4.66. The van der Waals surface area contributed by atoms with Crippen LogP contribution in [0.1, 0.15) is 5.69 Å². The van der Waals surface area contributed by atoms with Crippen molar-refractivity contribution in [2.24, 2.45) is 0 Å². The maximum atomic E-state index is 5.56. The third-order valence-electron chi connectivity index (χ3n) is 4.12. The van der Waals surface area contributed by atoms with E-state index in [9.17, 15) is 0 Å². The number of nitrogens with one attached hydrogen (secondary N) is 1. The molecule has 0 atom stereocenters. The van der Waals surface area contributed by atoms with E-state index in [0.717, 1.165) is 55.0 Å². The minimum absolute atomic E-state index is 0.747. The number of piperazine rings is 1. The third kappa shape index (κ3) is 4.21. The summed E-state index contributed by atoms with van der Waals surface area (Å²) in [5, 5.41) is 4.04. The fourth-order valence-corrected chi connectivity index (χ4v) is 3.06. The molecule has 1 aromatic heterocycles. The number of nitrogens with zero attached hydrogens (tertiary/aromatic N) is 3. The number of hydrogen-bond donors (Lipinski definition) is 1. The Balaban J connectivity index is 1.52. The summed E-state index contributed by atoms with van der Waals surface area (Å²) < 4.78 is 5.36. The molecule has 1 saturated heterocycles. The molecule has 0 spiro atoms. The molecule has 6 heteroatoms. The average molecular weight is 342 g/mol. The van der Waals surface area contributed by atoms with Gasteiger partial charge in [-0.3, -0.25) is 9.88 Å². The second-order valence-corrected chi connectivity index (χ2v) is 6.10. The number of para-hydroxylation sites is 2. The van der Waals surface area contributed by atoms with E-state index < -0.39 is 0 Å². The first-order valence-electron chi connectivity index (χ1n) is 8.07. The first-order valence-corrected chi connectivity index (χ1v) is 8.48. The molecule has 0 aliphatic carbocycles. The van der Waals surface area contributed by atoms with Crippen molar-refractivity contribution in [2.45, 2.75) is 6.54 Å². The largest absolute Gasteiger partial charge is 0.495 e. The van der Waals surface area contributed by atoms with Gasteiger partial charge < -0.3 is 15.0 Å². The number of aromatic nitrogens is 1. The molecule has 5 nitrogen and oxygen atoms in total. The highest BCUT2D eigenvalue weighted by Crippen LogP contribution is 2.23. The van der Waals surface area contributed by atoms with Crippen molar-refractivity contribution in [1.82, 2.24) is 14.8 Å². The van der Waals surface area contributed by atoms with E-state index >= 15 is 0 Å². The molecule has 1 fully saturated rings.